The molecule has 1 aromatic rings. The van der Waals surface area contributed by atoms with Crippen LogP contribution in [0.15, 0.2) is 24.5 Å². The van der Waals surface area contributed by atoms with E-state index in [1.807, 2.05) is 0 Å². The zero-order chi connectivity index (χ0) is 8.10. The van der Waals surface area contributed by atoms with Gasteiger partial charge in [-0.3, -0.25) is 0 Å². The highest BCUT2D eigenvalue weighted by atomic mass is 35.5. The van der Waals surface area contributed by atoms with Crippen molar-refractivity contribution in [1.82, 2.24) is 0 Å². The summed E-state index contributed by atoms with van der Waals surface area (Å²) in [5.74, 6) is 0. The van der Waals surface area contributed by atoms with Crippen molar-refractivity contribution < 1.29 is 17.0 Å². The first kappa shape index (κ1) is 11.4. The minimum Gasteiger partial charge on any atom is -1.00 e. The maximum absolute atomic E-state index is 2.23. The summed E-state index contributed by atoms with van der Waals surface area (Å²) in [7, 11) is 0. The van der Waals surface area contributed by atoms with Crippen molar-refractivity contribution in [3.63, 3.8) is 0 Å². The van der Waals surface area contributed by atoms with Gasteiger partial charge in [0.05, 0.1) is 0 Å². The molecule has 0 fully saturated rings. The van der Waals surface area contributed by atoms with Crippen molar-refractivity contribution in [2.45, 2.75) is 33.2 Å². The highest BCUT2D eigenvalue weighted by Gasteiger charge is 1.97. The van der Waals surface area contributed by atoms with Gasteiger partial charge in [-0.1, -0.05) is 13.3 Å². The molecule has 0 saturated heterocycles. The van der Waals surface area contributed by atoms with Gasteiger partial charge in [0, 0.05) is 11.6 Å². The molecule has 1 aromatic heterocycles. The lowest BCUT2D eigenvalue weighted by Crippen LogP contribution is -3.00. The lowest BCUT2D eigenvalue weighted by atomic mass is 10.2. The maximum Gasteiger partial charge on any atom is 0.171 e. The van der Waals surface area contributed by atoms with E-state index in [-0.39, 0.29) is 12.4 Å². The molecule has 2 heteroatoms. The Morgan fingerprint density at radius 3 is 2.67 bits per heavy atom. The fraction of sp³-hybridized carbons (Fsp3) is 0.500. The zero-order valence-corrected chi connectivity index (χ0v) is 8.51. The first-order valence-corrected chi connectivity index (χ1v) is 4.34. The second kappa shape index (κ2) is 6.01. The van der Waals surface area contributed by atoms with Crippen LogP contribution >= 0.6 is 0 Å². The fourth-order valence-corrected chi connectivity index (χ4v) is 1.21. The van der Waals surface area contributed by atoms with E-state index in [4.69, 9.17) is 0 Å². The summed E-state index contributed by atoms with van der Waals surface area (Å²) < 4.78 is 2.21. The number of aromatic nitrogens is 1. The first-order chi connectivity index (χ1) is 5.36. The van der Waals surface area contributed by atoms with Gasteiger partial charge in [0.1, 0.15) is 6.54 Å². The summed E-state index contributed by atoms with van der Waals surface area (Å²) in [5, 5.41) is 0. The Morgan fingerprint density at radius 2 is 2.08 bits per heavy atom. The van der Waals surface area contributed by atoms with E-state index in [1.54, 1.807) is 0 Å². The largest absolute Gasteiger partial charge is 1.00 e. The van der Waals surface area contributed by atoms with Gasteiger partial charge in [0.25, 0.3) is 0 Å². The lowest BCUT2D eigenvalue weighted by Gasteiger charge is -1.95. The average Bonchev–Trinajstić information content (AvgIpc) is 2.06. The van der Waals surface area contributed by atoms with E-state index in [2.05, 4.69) is 42.9 Å². The molecule has 0 amide bonds. The molecule has 0 spiro atoms. The third kappa shape index (κ3) is 3.22. The number of pyridine rings is 1. The SMILES string of the molecule is CCCc1ccc[n+](CC)c1.[Cl-]. The van der Waals surface area contributed by atoms with E-state index < -0.39 is 0 Å². The summed E-state index contributed by atoms with van der Waals surface area (Å²) >= 11 is 0. The Morgan fingerprint density at radius 1 is 1.33 bits per heavy atom. The van der Waals surface area contributed by atoms with Crippen LogP contribution in [0.1, 0.15) is 25.8 Å². The zero-order valence-electron chi connectivity index (χ0n) is 7.76. The average molecular weight is 186 g/mol. The molecular formula is C10H16ClN. The molecule has 68 valence electrons. The lowest BCUT2D eigenvalue weighted by molar-refractivity contribution is -0.694. The summed E-state index contributed by atoms with van der Waals surface area (Å²) in [6.07, 6.45) is 6.76. The molecule has 0 aliphatic heterocycles. The van der Waals surface area contributed by atoms with Crippen LogP contribution in [0, 0.1) is 0 Å². The predicted octanol–water partition coefficient (Wildman–Crippen LogP) is -1.05. The van der Waals surface area contributed by atoms with Gasteiger partial charge in [0.15, 0.2) is 12.4 Å². The molecule has 0 aliphatic carbocycles. The van der Waals surface area contributed by atoms with E-state index in [9.17, 15) is 0 Å². The Balaban J connectivity index is 0.00000121. The van der Waals surface area contributed by atoms with Crippen LogP contribution in [0.3, 0.4) is 0 Å². The van der Waals surface area contributed by atoms with Crippen molar-refractivity contribution >= 4 is 0 Å². The van der Waals surface area contributed by atoms with Crippen molar-refractivity contribution in [3.8, 4) is 0 Å². The minimum absolute atomic E-state index is 0. The Labute approximate surface area is 80.8 Å². The van der Waals surface area contributed by atoms with Crippen LogP contribution < -0.4 is 17.0 Å². The van der Waals surface area contributed by atoms with Crippen molar-refractivity contribution in [1.29, 1.82) is 0 Å². The number of hydrogen-bond acceptors (Lipinski definition) is 0. The van der Waals surface area contributed by atoms with Gasteiger partial charge in [-0.05, 0) is 19.4 Å². The highest BCUT2D eigenvalue weighted by Crippen LogP contribution is 1.97. The maximum atomic E-state index is 2.23. The van der Waals surface area contributed by atoms with Crippen LogP contribution in [-0.2, 0) is 13.0 Å². The molecule has 0 bridgehead atoms. The molecular weight excluding hydrogens is 170 g/mol. The Bertz CT molecular complexity index is 223. The van der Waals surface area contributed by atoms with Crippen LogP contribution in [0.2, 0.25) is 0 Å². The van der Waals surface area contributed by atoms with Gasteiger partial charge < -0.3 is 12.4 Å². The second-order valence-corrected chi connectivity index (χ2v) is 2.79. The molecule has 0 radical (unpaired) electrons. The monoisotopic (exact) mass is 185 g/mol. The van der Waals surface area contributed by atoms with Crippen molar-refractivity contribution in [2.24, 2.45) is 0 Å². The summed E-state index contributed by atoms with van der Waals surface area (Å²) in [4.78, 5) is 0. The Kier molecular flexibility index (Phi) is 5.73. The number of nitrogens with zero attached hydrogens (tertiary/aromatic N) is 1. The topological polar surface area (TPSA) is 3.88 Å². The summed E-state index contributed by atoms with van der Waals surface area (Å²) in [5.41, 5.74) is 1.44. The number of aryl methyl sites for hydroxylation is 2. The summed E-state index contributed by atoms with van der Waals surface area (Å²) in [6, 6.07) is 4.31. The van der Waals surface area contributed by atoms with E-state index in [0.29, 0.717) is 0 Å². The van der Waals surface area contributed by atoms with Crippen molar-refractivity contribution in [3.05, 3.63) is 30.1 Å². The second-order valence-electron chi connectivity index (χ2n) is 2.79. The van der Waals surface area contributed by atoms with Gasteiger partial charge in [-0.2, -0.15) is 0 Å². The van der Waals surface area contributed by atoms with Gasteiger partial charge in [0.2, 0.25) is 0 Å². The summed E-state index contributed by atoms with van der Waals surface area (Å²) in [6.45, 7) is 5.44. The van der Waals surface area contributed by atoms with Gasteiger partial charge in [-0.15, -0.1) is 0 Å². The van der Waals surface area contributed by atoms with Gasteiger partial charge in [-0.25, -0.2) is 4.57 Å². The molecule has 0 N–H and O–H groups in total. The molecule has 0 saturated carbocycles. The van der Waals surface area contributed by atoms with Crippen LogP contribution in [-0.4, -0.2) is 0 Å². The molecule has 0 unspecified atom stereocenters. The molecule has 0 atom stereocenters. The molecule has 1 heterocycles. The van der Waals surface area contributed by atoms with Crippen LogP contribution in [0.25, 0.3) is 0 Å². The molecule has 0 aromatic carbocycles. The van der Waals surface area contributed by atoms with E-state index in [1.165, 1.54) is 18.4 Å². The molecule has 1 rings (SSSR count). The third-order valence-electron chi connectivity index (χ3n) is 1.82. The smallest absolute Gasteiger partial charge is 0.171 e. The highest BCUT2D eigenvalue weighted by molar-refractivity contribution is 5.04. The number of halogens is 1. The standard InChI is InChI=1S/C10H16N.ClH/c1-3-6-10-7-5-8-11(4-2)9-10;/h5,7-9H,3-4,6H2,1-2H3;1H/q+1;/p-1. The molecule has 12 heavy (non-hydrogen) atoms. The first-order valence-electron chi connectivity index (χ1n) is 4.34. The normalized spacial score (nSPS) is 9.17. The Hall–Kier alpha value is -0.560. The minimum atomic E-state index is 0. The van der Waals surface area contributed by atoms with Gasteiger partial charge >= 0.3 is 0 Å². The molecule has 1 nitrogen and oxygen atoms in total. The van der Waals surface area contributed by atoms with E-state index in [0.717, 1.165) is 6.54 Å². The third-order valence-corrected chi connectivity index (χ3v) is 1.82. The quantitative estimate of drug-likeness (QED) is 0.530. The van der Waals surface area contributed by atoms with Crippen LogP contribution in [0.5, 0.6) is 0 Å². The number of hydrogen-bond donors (Lipinski definition) is 0. The van der Waals surface area contributed by atoms with Crippen LogP contribution in [0.4, 0.5) is 0 Å². The van der Waals surface area contributed by atoms with E-state index >= 15 is 0 Å². The van der Waals surface area contributed by atoms with Crippen molar-refractivity contribution in [2.75, 3.05) is 0 Å². The number of rotatable bonds is 3. The molecule has 0 aliphatic rings. The predicted molar refractivity (Wildman–Crippen MR) is 46.3 cm³/mol. The fourth-order valence-electron chi connectivity index (χ4n) is 1.21.